The maximum absolute atomic E-state index is 5.47. The number of rotatable bonds is 9. The van der Waals surface area contributed by atoms with Crippen molar-refractivity contribution in [2.75, 3.05) is 20.2 Å². The number of thiazole rings is 1. The summed E-state index contributed by atoms with van der Waals surface area (Å²) in [6, 6.07) is 8.30. The summed E-state index contributed by atoms with van der Waals surface area (Å²) in [7, 11) is 1.74. The maximum atomic E-state index is 5.47. The summed E-state index contributed by atoms with van der Waals surface area (Å²) >= 11 is 1.74. The number of ether oxygens (including phenoxy) is 1. The minimum atomic E-state index is 0.541. The molecule has 0 saturated carbocycles. The van der Waals surface area contributed by atoms with Crippen LogP contribution in [0.3, 0.4) is 0 Å². The van der Waals surface area contributed by atoms with Crippen LogP contribution in [0.1, 0.15) is 23.9 Å². The van der Waals surface area contributed by atoms with E-state index in [2.05, 4.69) is 34.7 Å². The van der Waals surface area contributed by atoms with Crippen LogP contribution in [-0.4, -0.2) is 25.2 Å². The molecule has 0 amide bonds. The van der Waals surface area contributed by atoms with Gasteiger partial charge in [0.15, 0.2) is 0 Å². The highest BCUT2D eigenvalue weighted by atomic mass is 32.1. The molecule has 0 bridgehead atoms. The van der Waals surface area contributed by atoms with E-state index in [1.165, 1.54) is 17.0 Å². The van der Waals surface area contributed by atoms with Crippen molar-refractivity contribution < 1.29 is 4.74 Å². The smallest absolute Gasteiger partial charge is 0.122 e. The molecule has 2 rings (SSSR count). The van der Waals surface area contributed by atoms with Gasteiger partial charge in [0.25, 0.3) is 0 Å². The monoisotopic (exact) mass is 304 g/mol. The Bertz CT molecular complexity index is 513. The molecule has 3 nitrogen and oxygen atoms in total. The van der Waals surface area contributed by atoms with Gasteiger partial charge in [-0.15, -0.1) is 11.3 Å². The number of methoxy groups -OCH3 is 1. The molecule has 1 aromatic carbocycles. The first-order valence-corrected chi connectivity index (χ1v) is 8.42. The first kappa shape index (κ1) is 16.0. The first-order chi connectivity index (χ1) is 10.3. The van der Waals surface area contributed by atoms with Gasteiger partial charge in [-0.2, -0.15) is 0 Å². The van der Waals surface area contributed by atoms with E-state index in [1.807, 2.05) is 18.3 Å². The van der Waals surface area contributed by atoms with Crippen LogP contribution < -0.4 is 10.1 Å². The number of benzene rings is 1. The van der Waals surface area contributed by atoms with E-state index in [-0.39, 0.29) is 0 Å². The Balaban J connectivity index is 2.03. The fourth-order valence-electron chi connectivity index (χ4n) is 2.48. The van der Waals surface area contributed by atoms with Crippen molar-refractivity contribution in [1.82, 2.24) is 10.3 Å². The van der Waals surface area contributed by atoms with Gasteiger partial charge in [0, 0.05) is 18.0 Å². The zero-order valence-electron chi connectivity index (χ0n) is 12.8. The summed E-state index contributed by atoms with van der Waals surface area (Å²) in [5.41, 5.74) is 1.28. The summed E-state index contributed by atoms with van der Waals surface area (Å²) in [4.78, 5) is 4.43. The summed E-state index contributed by atoms with van der Waals surface area (Å²) < 4.78 is 5.47. The molecule has 1 aromatic heterocycles. The van der Waals surface area contributed by atoms with Crippen molar-refractivity contribution in [2.24, 2.45) is 5.92 Å². The predicted octanol–water partition coefficient (Wildman–Crippen LogP) is 3.55. The van der Waals surface area contributed by atoms with Crippen molar-refractivity contribution in [1.29, 1.82) is 0 Å². The molecule has 0 fully saturated rings. The van der Waals surface area contributed by atoms with Gasteiger partial charge in [-0.25, -0.2) is 4.98 Å². The molecule has 114 valence electrons. The predicted molar refractivity (Wildman–Crippen MR) is 89.2 cm³/mol. The van der Waals surface area contributed by atoms with Crippen LogP contribution in [0.2, 0.25) is 0 Å². The molecule has 0 aliphatic heterocycles. The van der Waals surface area contributed by atoms with E-state index in [0.717, 1.165) is 31.7 Å². The molecule has 1 unspecified atom stereocenters. The average Bonchev–Trinajstić information content (AvgIpc) is 3.01. The number of para-hydroxylation sites is 1. The third-order valence-electron chi connectivity index (χ3n) is 3.51. The largest absolute Gasteiger partial charge is 0.496 e. The second-order valence-electron chi connectivity index (χ2n) is 5.22. The molecule has 2 aromatic rings. The average molecular weight is 304 g/mol. The van der Waals surface area contributed by atoms with Crippen LogP contribution in [0.5, 0.6) is 5.75 Å². The Morgan fingerprint density at radius 1 is 1.29 bits per heavy atom. The van der Waals surface area contributed by atoms with Crippen molar-refractivity contribution >= 4 is 11.3 Å². The maximum Gasteiger partial charge on any atom is 0.122 e. The third kappa shape index (κ3) is 5.14. The Hall–Kier alpha value is -1.39. The van der Waals surface area contributed by atoms with Gasteiger partial charge >= 0.3 is 0 Å². The Kier molecular flexibility index (Phi) is 6.70. The van der Waals surface area contributed by atoms with E-state index in [0.29, 0.717) is 5.92 Å². The quantitative estimate of drug-likeness (QED) is 0.719. The Morgan fingerprint density at radius 2 is 2.14 bits per heavy atom. The number of nitrogens with one attached hydrogen (secondary N) is 1. The van der Waals surface area contributed by atoms with Crippen LogP contribution >= 0.6 is 11.3 Å². The molecule has 0 aliphatic carbocycles. The second-order valence-corrected chi connectivity index (χ2v) is 6.20. The lowest BCUT2D eigenvalue weighted by Gasteiger charge is -2.18. The fraction of sp³-hybridized carbons (Fsp3) is 0.471. The zero-order valence-corrected chi connectivity index (χ0v) is 13.7. The SMILES string of the molecule is CCCNCC(Cc1nccs1)Cc1ccccc1OC. The first-order valence-electron chi connectivity index (χ1n) is 7.54. The van der Waals surface area contributed by atoms with Crippen LogP contribution in [0.25, 0.3) is 0 Å². The van der Waals surface area contributed by atoms with Crippen molar-refractivity contribution in [3.8, 4) is 5.75 Å². The van der Waals surface area contributed by atoms with Crippen molar-refractivity contribution in [3.05, 3.63) is 46.4 Å². The minimum Gasteiger partial charge on any atom is -0.496 e. The summed E-state index contributed by atoms with van der Waals surface area (Å²) in [6.07, 6.45) is 5.09. The summed E-state index contributed by atoms with van der Waals surface area (Å²) in [5.74, 6) is 1.52. The van der Waals surface area contributed by atoms with Gasteiger partial charge in [0.05, 0.1) is 12.1 Å². The van der Waals surface area contributed by atoms with E-state index in [9.17, 15) is 0 Å². The zero-order chi connectivity index (χ0) is 14.9. The lowest BCUT2D eigenvalue weighted by Crippen LogP contribution is -2.26. The fourth-order valence-corrected chi connectivity index (χ4v) is 3.22. The molecule has 21 heavy (non-hydrogen) atoms. The van der Waals surface area contributed by atoms with Crippen molar-refractivity contribution in [2.45, 2.75) is 26.2 Å². The summed E-state index contributed by atoms with van der Waals surface area (Å²) in [5, 5.41) is 6.81. The Labute approximate surface area is 131 Å². The number of aromatic nitrogens is 1. The van der Waals surface area contributed by atoms with Gasteiger partial charge in [0.2, 0.25) is 0 Å². The molecular weight excluding hydrogens is 280 g/mol. The van der Waals surface area contributed by atoms with Gasteiger partial charge < -0.3 is 10.1 Å². The van der Waals surface area contributed by atoms with E-state index in [1.54, 1.807) is 18.4 Å². The van der Waals surface area contributed by atoms with Crippen molar-refractivity contribution in [3.63, 3.8) is 0 Å². The number of hydrogen-bond donors (Lipinski definition) is 1. The molecule has 0 radical (unpaired) electrons. The van der Waals surface area contributed by atoms with Gasteiger partial charge in [0.1, 0.15) is 5.75 Å². The van der Waals surface area contributed by atoms with E-state index in [4.69, 9.17) is 4.74 Å². The second kappa shape index (κ2) is 8.80. The lowest BCUT2D eigenvalue weighted by atomic mass is 9.95. The van der Waals surface area contributed by atoms with Crippen LogP contribution in [-0.2, 0) is 12.8 Å². The molecule has 0 spiro atoms. The molecule has 1 atom stereocenters. The number of hydrogen-bond acceptors (Lipinski definition) is 4. The van der Waals surface area contributed by atoms with Crippen LogP contribution in [0, 0.1) is 5.92 Å². The number of nitrogens with zero attached hydrogens (tertiary/aromatic N) is 1. The normalized spacial score (nSPS) is 12.3. The molecule has 0 aliphatic rings. The Morgan fingerprint density at radius 3 is 2.86 bits per heavy atom. The lowest BCUT2D eigenvalue weighted by molar-refractivity contribution is 0.400. The van der Waals surface area contributed by atoms with Gasteiger partial charge in [-0.1, -0.05) is 25.1 Å². The standard InChI is InChI=1S/C17H24N2OS/c1-3-8-18-13-14(12-17-19-9-10-21-17)11-15-6-4-5-7-16(15)20-2/h4-7,9-10,14,18H,3,8,11-13H2,1-2H3. The highest BCUT2D eigenvalue weighted by molar-refractivity contribution is 7.09. The van der Waals surface area contributed by atoms with E-state index >= 15 is 0 Å². The third-order valence-corrected chi connectivity index (χ3v) is 4.31. The highest BCUT2D eigenvalue weighted by Gasteiger charge is 2.14. The molecule has 1 heterocycles. The highest BCUT2D eigenvalue weighted by Crippen LogP contribution is 2.23. The molecular formula is C17H24N2OS. The minimum absolute atomic E-state index is 0.541. The van der Waals surface area contributed by atoms with Crippen LogP contribution in [0.15, 0.2) is 35.8 Å². The van der Waals surface area contributed by atoms with Gasteiger partial charge in [-0.05, 0) is 43.5 Å². The topological polar surface area (TPSA) is 34.2 Å². The molecule has 1 N–H and O–H groups in total. The van der Waals surface area contributed by atoms with Crippen LogP contribution in [0.4, 0.5) is 0 Å². The van der Waals surface area contributed by atoms with E-state index < -0.39 is 0 Å². The molecule has 0 saturated heterocycles. The molecule has 4 heteroatoms. The van der Waals surface area contributed by atoms with Gasteiger partial charge in [-0.3, -0.25) is 0 Å². The summed E-state index contributed by atoms with van der Waals surface area (Å²) in [6.45, 7) is 4.29.